The highest BCUT2D eigenvalue weighted by atomic mass is 32.2. The molecule has 0 fully saturated rings. The Morgan fingerprint density at radius 3 is 2.90 bits per heavy atom. The molecule has 1 aliphatic heterocycles. The number of pyridine rings is 1. The zero-order valence-corrected chi connectivity index (χ0v) is 11.9. The molecule has 0 saturated heterocycles. The van der Waals surface area contributed by atoms with Crippen LogP contribution in [0.3, 0.4) is 0 Å². The molecule has 5 nitrogen and oxygen atoms in total. The molecule has 104 valence electrons. The Balaban J connectivity index is 1.92. The Morgan fingerprint density at radius 2 is 2.10 bits per heavy atom. The summed E-state index contributed by atoms with van der Waals surface area (Å²) in [5.41, 5.74) is 3.00. The average Bonchev–Trinajstić information content (AvgIpc) is 2.85. The van der Waals surface area contributed by atoms with Gasteiger partial charge >= 0.3 is 0 Å². The van der Waals surface area contributed by atoms with Gasteiger partial charge in [0, 0.05) is 18.4 Å². The van der Waals surface area contributed by atoms with E-state index in [1.165, 1.54) is 0 Å². The van der Waals surface area contributed by atoms with Gasteiger partial charge < -0.3 is 5.32 Å². The fourth-order valence-electron chi connectivity index (χ4n) is 2.24. The van der Waals surface area contributed by atoms with E-state index in [9.17, 15) is 8.42 Å². The van der Waals surface area contributed by atoms with E-state index in [0.717, 1.165) is 29.8 Å². The molecule has 6 heteroatoms. The van der Waals surface area contributed by atoms with Crippen LogP contribution in [0.4, 0.5) is 11.5 Å². The van der Waals surface area contributed by atoms with Crippen molar-refractivity contribution in [1.82, 2.24) is 4.98 Å². The minimum absolute atomic E-state index is 0.267. The molecule has 0 radical (unpaired) electrons. The number of anilines is 2. The van der Waals surface area contributed by atoms with E-state index in [2.05, 4.69) is 15.0 Å². The van der Waals surface area contributed by atoms with Crippen LogP contribution in [0.15, 0.2) is 41.4 Å². The third-order valence-corrected chi connectivity index (χ3v) is 4.60. The van der Waals surface area contributed by atoms with E-state index in [1.54, 1.807) is 30.5 Å². The standard InChI is InChI=1S/C14H15N3O2S/c1-10-4-6-16-14(8-10)17-20(18,19)12-2-3-13-11(9-12)5-7-15-13/h2-4,6,8-9,15H,5,7H2,1H3,(H,16,17). The number of fused-ring (bicyclic) bond motifs is 1. The molecule has 0 amide bonds. The summed E-state index contributed by atoms with van der Waals surface area (Å²) in [6.07, 6.45) is 2.43. The van der Waals surface area contributed by atoms with Crippen molar-refractivity contribution in [3.05, 3.63) is 47.7 Å². The first kappa shape index (κ1) is 12.9. The summed E-state index contributed by atoms with van der Waals surface area (Å²) in [5.74, 6) is 0.337. The Morgan fingerprint density at radius 1 is 1.25 bits per heavy atom. The molecule has 2 heterocycles. The number of nitrogens with one attached hydrogen (secondary N) is 2. The lowest BCUT2D eigenvalue weighted by Gasteiger charge is -2.09. The summed E-state index contributed by atoms with van der Waals surface area (Å²) in [4.78, 5) is 4.29. The number of nitrogens with zero attached hydrogens (tertiary/aromatic N) is 1. The van der Waals surface area contributed by atoms with Gasteiger partial charge in [0.25, 0.3) is 10.0 Å². The molecule has 0 atom stereocenters. The maximum atomic E-state index is 12.3. The summed E-state index contributed by atoms with van der Waals surface area (Å²) in [5, 5.41) is 3.21. The number of benzene rings is 1. The van der Waals surface area contributed by atoms with Crippen LogP contribution in [0.2, 0.25) is 0 Å². The van der Waals surface area contributed by atoms with Crippen molar-refractivity contribution in [2.75, 3.05) is 16.6 Å². The van der Waals surface area contributed by atoms with E-state index in [1.807, 2.05) is 13.0 Å². The second-order valence-electron chi connectivity index (χ2n) is 4.82. The largest absolute Gasteiger partial charge is 0.384 e. The smallest absolute Gasteiger partial charge is 0.263 e. The number of sulfonamides is 1. The Kier molecular flexibility index (Phi) is 3.10. The first-order valence-electron chi connectivity index (χ1n) is 6.37. The number of hydrogen-bond donors (Lipinski definition) is 2. The molecule has 2 N–H and O–H groups in total. The summed E-state index contributed by atoms with van der Waals surface area (Å²) in [7, 11) is -3.59. The summed E-state index contributed by atoms with van der Waals surface area (Å²) < 4.78 is 27.2. The summed E-state index contributed by atoms with van der Waals surface area (Å²) in [6, 6.07) is 8.65. The van der Waals surface area contributed by atoms with Crippen LogP contribution in [0.25, 0.3) is 0 Å². The molecular weight excluding hydrogens is 274 g/mol. The van der Waals surface area contributed by atoms with Crippen LogP contribution in [-0.4, -0.2) is 19.9 Å². The average molecular weight is 289 g/mol. The van der Waals surface area contributed by atoms with Gasteiger partial charge in [-0.3, -0.25) is 4.72 Å². The van der Waals surface area contributed by atoms with Crippen LogP contribution in [0.5, 0.6) is 0 Å². The van der Waals surface area contributed by atoms with E-state index < -0.39 is 10.0 Å². The SMILES string of the molecule is Cc1ccnc(NS(=O)(=O)c2ccc3c(c2)CCN3)c1. The van der Waals surface area contributed by atoms with Gasteiger partial charge in [0.05, 0.1) is 4.90 Å². The van der Waals surface area contributed by atoms with Crippen molar-refractivity contribution in [3.8, 4) is 0 Å². The van der Waals surface area contributed by atoms with E-state index in [-0.39, 0.29) is 4.90 Å². The second-order valence-corrected chi connectivity index (χ2v) is 6.50. The first-order chi connectivity index (χ1) is 9.54. The minimum Gasteiger partial charge on any atom is -0.384 e. The van der Waals surface area contributed by atoms with Gasteiger partial charge in [0.1, 0.15) is 5.82 Å². The third-order valence-electron chi connectivity index (χ3n) is 3.25. The van der Waals surface area contributed by atoms with Gasteiger partial charge in [-0.2, -0.15) is 0 Å². The Hall–Kier alpha value is -2.08. The minimum atomic E-state index is -3.59. The van der Waals surface area contributed by atoms with Crippen molar-refractivity contribution in [1.29, 1.82) is 0 Å². The lowest BCUT2D eigenvalue weighted by molar-refractivity contribution is 0.601. The van der Waals surface area contributed by atoms with Crippen LogP contribution < -0.4 is 10.0 Å². The number of aryl methyl sites for hydroxylation is 1. The lowest BCUT2D eigenvalue weighted by Crippen LogP contribution is -2.14. The number of hydrogen-bond acceptors (Lipinski definition) is 4. The Bertz CT molecular complexity index is 757. The van der Waals surface area contributed by atoms with Gasteiger partial charge in [0.15, 0.2) is 0 Å². The Labute approximate surface area is 118 Å². The van der Waals surface area contributed by atoms with Gasteiger partial charge in [0.2, 0.25) is 0 Å². The number of rotatable bonds is 3. The van der Waals surface area contributed by atoms with E-state index in [0.29, 0.717) is 5.82 Å². The highest BCUT2D eigenvalue weighted by molar-refractivity contribution is 7.92. The van der Waals surface area contributed by atoms with Crippen LogP contribution >= 0.6 is 0 Å². The molecule has 20 heavy (non-hydrogen) atoms. The predicted octanol–water partition coefficient (Wildman–Crippen LogP) is 2.16. The molecular formula is C14H15N3O2S. The maximum Gasteiger partial charge on any atom is 0.263 e. The second kappa shape index (κ2) is 4.79. The van der Waals surface area contributed by atoms with Crippen molar-refractivity contribution in [2.24, 2.45) is 0 Å². The molecule has 0 aliphatic carbocycles. The molecule has 1 aliphatic rings. The fraction of sp³-hybridized carbons (Fsp3) is 0.214. The molecule has 0 bridgehead atoms. The molecule has 1 aromatic heterocycles. The first-order valence-corrected chi connectivity index (χ1v) is 7.85. The molecule has 0 saturated carbocycles. The highest BCUT2D eigenvalue weighted by Crippen LogP contribution is 2.25. The van der Waals surface area contributed by atoms with Gasteiger partial charge in [-0.1, -0.05) is 0 Å². The van der Waals surface area contributed by atoms with E-state index >= 15 is 0 Å². The molecule has 0 spiro atoms. The van der Waals surface area contributed by atoms with Gasteiger partial charge in [-0.05, 0) is 54.8 Å². The maximum absolute atomic E-state index is 12.3. The monoisotopic (exact) mass is 289 g/mol. The molecule has 2 aromatic rings. The van der Waals surface area contributed by atoms with Crippen molar-refractivity contribution >= 4 is 21.5 Å². The van der Waals surface area contributed by atoms with E-state index in [4.69, 9.17) is 0 Å². The zero-order valence-electron chi connectivity index (χ0n) is 11.1. The van der Waals surface area contributed by atoms with Gasteiger partial charge in [-0.25, -0.2) is 13.4 Å². The zero-order chi connectivity index (χ0) is 14.2. The highest BCUT2D eigenvalue weighted by Gasteiger charge is 2.18. The quantitative estimate of drug-likeness (QED) is 0.908. The third kappa shape index (κ3) is 2.46. The lowest BCUT2D eigenvalue weighted by atomic mass is 10.2. The fourth-order valence-corrected chi connectivity index (χ4v) is 3.29. The van der Waals surface area contributed by atoms with Crippen molar-refractivity contribution in [2.45, 2.75) is 18.2 Å². The number of aromatic nitrogens is 1. The van der Waals surface area contributed by atoms with Crippen LogP contribution in [0, 0.1) is 6.92 Å². The normalized spacial score (nSPS) is 13.7. The molecule has 0 unspecified atom stereocenters. The van der Waals surface area contributed by atoms with Crippen molar-refractivity contribution in [3.63, 3.8) is 0 Å². The molecule has 1 aromatic carbocycles. The topological polar surface area (TPSA) is 71.1 Å². The van der Waals surface area contributed by atoms with Crippen LogP contribution in [-0.2, 0) is 16.4 Å². The summed E-state index contributed by atoms with van der Waals surface area (Å²) >= 11 is 0. The summed E-state index contributed by atoms with van der Waals surface area (Å²) in [6.45, 7) is 2.74. The van der Waals surface area contributed by atoms with Crippen LogP contribution in [0.1, 0.15) is 11.1 Å². The predicted molar refractivity (Wildman–Crippen MR) is 78.4 cm³/mol. The molecule has 3 rings (SSSR count). The van der Waals surface area contributed by atoms with Gasteiger partial charge in [-0.15, -0.1) is 0 Å². The van der Waals surface area contributed by atoms with Crippen molar-refractivity contribution < 1.29 is 8.42 Å².